The van der Waals surface area contributed by atoms with E-state index in [2.05, 4.69) is 86.5 Å². The van der Waals surface area contributed by atoms with E-state index >= 15 is 0 Å². The van der Waals surface area contributed by atoms with Crippen molar-refractivity contribution >= 4 is 11.6 Å². The molecule has 6 rings (SSSR count). The third-order valence-corrected chi connectivity index (χ3v) is 13.5. The molecule has 4 fully saturated rings. The van der Waals surface area contributed by atoms with E-state index in [1.165, 1.54) is 30.4 Å². The third-order valence-electron chi connectivity index (χ3n) is 13.5. The summed E-state index contributed by atoms with van der Waals surface area (Å²) < 4.78 is 0. The zero-order valence-corrected chi connectivity index (χ0v) is 27.3. The first-order chi connectivity index (χ1) is 20.6. The van der Waals surface area contributed by atoms with Crippen LogP contribution in [0.2, 0.25) is 0 Å². The van der Waals surface area contributed by atoms with Crippen molar-refractivity contribution in [1.82, 2.24) is 10.2 Å². The number of carbonyl (C=O) groups excluding carboxylic acids is 1. The summed E-state index contributed by atoms with van der Waals surface area (Å²) in [5, 5.41) is 18.3. The van der Waals surface area contributed by atoms with Gasteiger partial charge in [0.15, 0.2) is 6.61 Å². The van der Waals surface area contributed by atoms with Crippen molar-refractivity contribution in [1.29, 1.82) is 0 Å². The number of aliphatic hydroxyl groups is 1. The zero-order chi connectivity index (χ0) is 30.4. The van der Waals surface area contributed by atoms with E-state index < -0.39 is 0 Å². The summed E-state index contributed by atoms with van der Waals surface area (Å²) in [6.45, 7) is 11.2. The molecule has 0 spiro atoms. The summed E-state index contributed by atoms with van der Waals surface area (Å²) in [4.78, 5) is 20.9. The number of allylic oxidation sites excluding steroid dienone is 2. The van der Waals surface area contributed by atoms with Gasteiger partial charge in [0.25, 0.3) is 5.91 Å². The third kappa shape index (κ3) is 5.49. The summed E-state index contributed by atoms with van der Waals surface area (Å²) in [5.74, 6) is 2.51. The highest BCUT2D eigenvalue weighted by Crippen LogP contribution is 2.65. The Labute approximate surface area is 259 Å². The van der Waals surface area contributed by atoms with Crippen molar-refractivity contribution in [2.45, 2.75) is 109 Å². The van der Waals surface area contributed by atoms with Crippen molar-refractivity contribution in [3.05, 3.63) is 47.5 Å². The van der Waals surface area contributed by atoms with Crippen LogP contribution in [0.4, 0.5) is 0 Å². The van der Waals surface area contributed by atoms with Gasteiger partial charge in [-0.15, -0.1) is 0 Å². The number of oxime groups is 1. The van der Waals surface area contributed by atoms with Gasteiger partial charge in [0.05, 0.1) is 11.8 Å². The molecule has 5 aliphatic rings. The molecule has 1 aliphatic heterocycles. The molecular weight excluding hydrogens is 534 g/mol. The second-order valence-electron chi connectivity index (χ2n) is 15.5. The molecule has 0 radical (unpaired) electrons. The summed E-state index contributed by atoms with van der Waals surface area (Å²) in [7, 11) is 2.22. The fourth-order valence-electron chi connectivity index (χ4n) is 10.6. The molecule has 1 aromatic carbocycles. The molecule has 3 saturated carbocycles. The molecule has 0 aromatic heterocycles. The van der Waals surface area contributed by atoms with Gasteiger partial charge in [0.2, 0.25) is 0 Å². The van der Waals surface area contributed by atoms with Gasteiger partial charge in [0, 0.05) is 24.5 Å². The van der Waals surface area contributed by atoms with Gasteiger partial charge in [0.1, 0.15) is 0 Å². The lowest BCUT2D eigenvalue weighted by Crippen LogP contribution is -2.52. The smallest absolute Gasteiger partial charge is 0.260 e. The van der Waals surface area contributed by atoms with Gasteiger partial charge in [-0.05, 0) is 124 Å². The lowest BCUT2D eigenvalue weighted by Gasteiger charge is -2.57. The molecule has 236 valence electrons. The number of amides is 1. The van der Waals surface area contributed by atoms with Crippen molar-refractivity contribution in [3.63, 3.8) is 0 Å². The molecule has 4 aliphatic carbocycles. The molecular formula is C37H55N3O3. The van der Waals surface area contributed by atoms with Crippen molar-refractivity contribution in [2.24, 2.45) is 39.7 Å². The van der Waals surface area contributed by atoms with Crippen LogP contribution in [0.5, 0.6) is 0 Å². The number of nitrogens with one attached hydrogen (secondary N) is 1. The molecule has 1 heterocycles. The molecule has 9 atom stereocenters. The van der Waals surface area contributed by atoms with Crippen LogP contribution in [0.25, 0.3) is 0 Å². The number of hydrogen-bond acceptors (Lipinski definition) is 5. The van der Waals surface area contributed by atoms with Crippen molar-refractivity contribution in [3.8, 4) is 0 Å². The highest BCUT2D eigenvalue weighted by atomic mass is 16.6. The van der Waals surface area contributed by atoms with Gasteiger partial charge in [-0.25, -0.2) is 0 Å². The SMILES string of the molecule is CC1CC(CCNC(=O)CON=C2C=C3CCC4C5CCC(O)[C@@]5(C)CCC4[C@@]3(C)CC2)(c2ccccc2)C(C)CN1C. The first kappa shape index (κ1) is 30.8. The molecule has 2 N–H and O–H groups in total. The van der Waals surface area contributed by atoms with Crippen LogP contribution >= 0.6 is 0 Å². The van der Waals surface area contributed by atoms with E-state index in [0.717, 1.165) is 63.1 Å². The quantitative estimate of drug-likeness (QED) is 0.357. The predicted octanol–water partition coefficient (Wildman–Crippen LogP) is 6.49. The van der Waals surface area contributed by atoms with Crippen molar-refractivity contribution in [2.75, 3.05) is 26.7 Å². The van der Waals surface area contributed by atoms with Gasteiger partial charge in [-0.2, -0.15) is 0 Å². The maximum absolute atomic E-state index is 12.8. The Kier molecular flexibility index (Phi) is 8.58. The first-order valence-electron chi connectivity index (χ1n) is 17.2. The number of likely N-dealkylation sites (tertiary alicyclic amines) is 1. The van der Waals surface area contributed by atoms with Crippen LogP contribution in [0.15, 0.2) is 47.1 Å². The summed E-state index contributed by atoms with van der Waals surface area (Å²) in [5.41, 5.74) is 4.30. The number of fused-ring (bicyclic) bond motifs is 5. The van der Waals surface area contributed by atoms with E-state index in [0.29, 0.717) is 30.3 Å². The van der Waals surface area contributed by atoms with E-state index in [1.54, 1.807) is 0 Å². The normalized spacial score (nSPS) is 42.0. The second kappa shape index (κ2) is 12.0. The van der Waals surface area contributed by atoms with Crippen LogP contribution in [0, 0.1) is 34.5 Å². The molecule has 1 amide bonds. The monoisotopic (exact) mass is 589 g/mol. The van der Waals surface area contributed by atoms with Crippen LogP contribution < -0.4 is 5.32 Å². The van der Waals surface area contributed by atoms with Crippen LogP contribution in [-0.4, -0.2) is 60.5 Å². The lowest BCUT2D eigenvalue weighted by molar-refractivity contribution is -0.125. The molecule has 0 bridgehead atoms. The Hall–Kier alpha value is -2.18. The maximum Gasteiger partial charge on any atom is 0.260 e. The van der Waals surface area contributed by atoms with E-state index in [-0.39, 0.29) is 34.9 Å². The highest BCUT2D eigenvalue weighted by molar-refractivity contribution is 5.96. The van der Waals surface area contributed by atoms with Gasteiger partial charge >= 0.3 is 0 Å². The van der Waals surface area contributed by atoms with Gasteiger partial charge in [-0.3, -0.25) is 4.79 Å². The standard InChI is InChI=1S/C37H55N3O3/c1-25-23-40(5)26(2)22-37(25,27-9-7-6-8-10-27)19-20-38-34(42)24-43-39-29-15-17-35(3)28(21-29)11-12-30-31-13-14-33(41)36(31,4)18-16-32(30)35/h6-10,21,25-26,30-33,41H,11-20,22-24H2,1-5H3,(H,38,42)/t25?,26?,30?,31?,32?,33?,35-,36-,37?/m0/s1. The molecule has 43 heavy (non-hydrogen) atoms. The first-order valence-corrected chi connectivity index (χ1v) is 17.2. The molecule has 1 saturated heterocycles. The van der Waals surface area contributed by atoms with Gasteiger partial charge in [-0.1, -0.05) is 61.8 Å². The van der Waals surface area contributed by atoms with Crippen LogP contribution in [0.3, 0.4) is 0 Å². The minimum absolute atomic E-state index is 0.0374. The molecule has 7 unspecified atom stereocenters. The molecule has 6 nitrogen and oxygen atoms in total. The zero-order valence-electron chi connectivity index (χ0n) is 27.3. The minimum Gasteiger partial charge on any atom is -0.393 e. The Balaban J connectivity index is 1.03. The maximum atomic E-state index is 12.8. The van der Waals surface area contributed by atoms with Crippen LogP contribution in [0.1, 0.15) is 97.5 Å². The Morgan fingerprint density at radius 3 is 2.65 bits per heavy atom. The highest BCUT2D eigenvalue weighted by Gasteiger charge is 2.58. The number of aliphatic hydroxyl groups excluding tert-OH is 1. The molecule has 6 heteroatoms. The number of carbonyl (C=O) groups is 1. The topological polar surface area (TPSA) is 74.2 Å². The Morgan fingerprint density at radius 1 is 1.07 bits per heavy atom. The number of hydrogen-bond donors (Lipinski definition) is 2. The summed E-state index contributed by atoms with van der Waals surface area (Å²) in [6.07, 6.45) is 13.1. The van der Waals surface area contributed by atoms with Crippen LogP contribution in [-0.2, 0) is 15.0 Å². The average molecular weight is 590 g/mol. The largest absolute Gasteiger partial charge is 0.393 e. The van der Waals surface area contributed by atoms with E-state index in [1.807, 2.05) is 0 Å². The fourth-order valence-corrected chi connectivity index (χ4v) is 10.6. The summed E-state index contributed by atoms with van der Waals surface area (Å²) >= 11 is 0. The van der Waals surface area contributed by atoms with Crippen molar-refractivity contribution < 1.29 is 14.7 Å². The predicted molar refractivity (Wildman–Crippen MR) is 173 cm³/mol. The summed E-state index contributed by atoms with van der Waals surface area (Å²) in [6, 6.07) is 11.4. The Bertz CT molecular complexity index is 1230. The molecule has 1 aromatic rings. The van der Waals surface area contributed by atoms with Gasteiger partial charge < -0.3 is 20.2 Å². The van der Waals surface area contributed by atoms with E-state index in [9.17, 15) is 9.90 Å². The number of piperidine rings is 1. The number of benzene rings is 1. The minimum atomic E-state index is -0.117. The Morgan fingerprint density at radius 2 is 1.86 bits per heavy atom. The fraction of sp³-hybridized carbons (Fsp3) is 0.730. The lowest BCUT2D eigenvalue weighted by atomic mass is 9.47. The second-order valence-corrected chi connectivity index (χ2v) is 15.5. The number of nitrogens with zero attached hydrogens (tertiary/aromatic N) is 2. The number of rotatable bonds is 7. The van der Waals surface area contributed by atoms with E-state index in [4.69, 9.17) is 4.84 Å². The average Bonchev–Trinajstić information content (AvgIpc) is 3.30.